The second kappa shape index (κ2) is 6.11. The number of carbonyl (C=O) groups excluding carboxylic acids is 1. The van der Waals surface area contributed by atoms with Gasteiger partial charge in [-0.1, -0.05) is 12.1 Å². The Bertz CT molecular complexity index is 930. The number of non-ortho nitro benzene ring substituents is 1. The van der Waals surface area contributed by atoms with Gasteiger partial charge in [0, 0.05) is 36.1 Å². The van der Waals surface area contributed by atoms with Crippen molar-refractivity contribution >= 4 is 17.2 Å². The van der Waals surface area contributed by atoms with Crippen LogP contribution < -0.4 is 5.32 Å². The van der Waals surface area contributed by atoms with Crippen LogP contribution in [0, 0.1) is 10.1 Å². The van der Waals surface area contributed by atoms with Crippen molar-refractivity contribution in [3.05, 3.63) is 64.5 Å². The summed E-state index contributed by atoms with van der Waals surface area (Å²) in [4.78, 5) is 27.0. The fraction of sp³-hybridized carbons (Fsp3) is 0.176. The number of amides is 1. The van der Waals surface area contributed by atoms with E-state index in [-0.39, 0.29) is 17.6 Å². The van der Waals surface area contributed by atoms with Crippen molar-refractivity contribution in [2.75, 3.05) is 0 Å². The van der Waals surface area contributed by atoms with Crippen LogP contribution in [-0.4, -0.2) is 26.3 Å². The first-order valence-electron chi connectivity index (χ1n) is 7.48. The number of fused-ring (bicyclic) bond motifs is 1. The van der Waals surface area contributed by atoms with E-state index in [0.717, 1.165) is 0 Å². The Kier molecular flexibility index (Phi) is 3.99. The zero-order valence-corrected chi connectivity index (χ0v) is 13.3. The van der Waals surface area contributed by atoms with Crippen molar-refractivity contribution < 1.29 is 9.72 Å². The maximum Gasteiger partial charge on any atom is 0.270 e. The predicted molar refractivity (Wildman–Crippen MR) is 89.9 cm³/mol. The van der Waals surface area contributed by atoms with E-state index in [0.29, 0.717) is 22.5 Å². The largest absolute Gasteiger partial charge is 0.350 e. The summed E-state index contributed by atoms with van der Waals surface area (Å²) in [5.74, 6) is -0.155. The van der Waals surface area contributed by atoms with Crippen molar-refractivity contribution in [2.45, 2.75) is 19.9 Å². The highest BCUT2D eigenvalue weighted by molar-refractivity contribution is 5.94. The lowest BCUT2D eigenvalue weighted by Crippen LogP contribution is -2.30. The zero-order valence-electron chi connectivity index (χ0n) is 13.3. The first-order valence-corrected chi connectivity index (χ1v) is 7.48. The van der Waals surface area contributed by atoms with E-state index in [1.165, 1.54) is 12.1 Å². The standard InChI is InChI=1S/C17H16N4O3/c1-11(2)18-17(22)13-6-7-16-19-15(10-20(16)9-13)12-4-3-5-14(8-12)21(23)24/h3-11H,1-2H3,(H,18,22). The van der Waals surface area contributed by atoms with E-state index < -0.39 is 4.92 Å². The summed E-state index contributed by atoms with van der Waals surface area (Å²) in [7, 11) is 0. The number of imidazole rings is 1. The molecule has 1 aromatic carbocycles. The van der Waals surface area contributed by atoms with Crippen LogP contribution in [0.2, 0.25) is 0 Å². The Morgan fingerprint density at radius 1 is 1.25 bits per heavy atom. The fourth-order valence-electron chi connectivity index (χ4n) is 2.39. The molecule has 3 aromatic rings. The van der Waals surface area contributed by atoms with Crippen LogP contribution >= 0.6 is 0 Å². The number of nitrogens with one attached hydrogen (secondary N) is 1. The third-order valence-electron chi connectivity index (χ3n) is 3.49. The number of carbonyl (C=O) groups is 1. The minimum atomic E-state index is -0.437. The third kappa shape index (κ3) is 3.10. The summed E-state index contributed by atoms with van der Waals surface area (Å²) in [6.45, 7) is 3.79. The molecule has 2 heterocycles. The lowest BCUT2D eigenvalue weighted by atomic mass is 10.1. The Balaban J connectivity index is 1.98. The molecule has 7 heteroatoms. The summed E-state index contributed by atoms with van der Waals surface area (Å²) >= 11 is 0. The second-order valence-corrected chi connectivity index (χ2v) is 5.74. The Morgan fingerprint density at radius 3 is 2.75 bits per heavy atom. The molecule has 0 atom stereocenters. The van der Waals surface area contributed by atoms with Crippen LogP contribution in [0.15, 0.2) is 48.8 Å². The molecule has 1 amide bonds. The average Bonchev–Trinajstić information content (AvgIpc) is 2.97. The lowest BCUT2D eigenvalue weighted by Gasteiger charge is -2.08. The molecule has 0 fully saturated rings. The van der Waals surface area contributed by atoms with Gasteiger partial charge in [-0.25, -0.2) is 4.98 Å². The summed E-state index contributed by atoms with van der Waals surface area (Å²) < 4.78 is 1.74. The molecule has 0 saturated heterocycles. The molecule has 0 aliphatic heterocycles. The number of nitro groups is 1. The first kappa shape index (κ1) is 15.7. The summed E-state index contributed by atoms with van der Waals surface area (Å²) in [6, 6.07) is 9.81. The molecule has 0 bridgehead atoms. The van der Waals surface area contributed by atoms with Gasteiger partial charge >= 0.3 is 0 Å². The van der Waals surface area contributed by atoms with Crippen molar-refractivity contribution in [2.24, 2.45) is 0 Å². The molecule has 1 N–H and O–H groups in total. The van der Waals surface area contributed by atoms with Gasteiger partial charge in [-0.3, -0.25) is 14.9 Å². The number of pyridine rings is 1. The minimum Gasteiger partial charge on any atom is -0.350 e. The van der Waals surface area contributed by atoms with Gasteiger partial charge in [0.1, 0.15) is 5.65 Å². The minimum absolute atomic E-state index is 0.0153. The zero-order chi connectivity index (χ0) is 17.3. The molecule has 0 saturated carbocycles. The molecule has 24 heavy (non-hydrogen) atoms. The topological polar surface area (TPSA) is 89.5 Å². The van der Waals surface area contributed by atoms with Crippen molar-refractivity contribution in [3.63, 3.8) is 0 Å². The van der Waals surface area contributed by atoms with Gasteiger partial charge in [-0.2, -0.15) is 0 Å². The van der Waals surface area contributed by atoms with E-state index in [1.807, 2.05) is 13.8 Å². The number of hydrogen-bond acceptors (Lipinski definition) is 4. The van der Waals surface area contributed by atoms with Gasteiger partial charge in [0.25, 0.3) is 11.6 Å². The monoisotopic (exact) mass is 324 g/mol. The highest BCUT2D eigenvalue weighted by Crippen LogP contribution is 2.23. The van der Waals surface area contributed by atoms with E-state index in [4.69, 9.17) is 0 Å². The van der Waals surface area contributed by atoms with Crippen LogP contribution in [0.5, 0.6) is 0 Å². The molecule has 3 rings (SSSR count). The summed E-state index contributed by atoms with van der Waals surface area (Å²) in [5.41, 5.74) is 2.47. The van der Waals surface area contributed by atoms with Gasteiger partial charge in [0.15, 0.2) is 0 Å². The van der Waals surface area contributed by atoms with Crippen molar-refractivity contribution in [1.29, 1.82) is 0 Å². The van der Waals surface area contributed by atoms with Gasteiger partial charge in [0.2, 0.25) is 0 Å². The van der Waals surface area contributed by atoms with Gasteiger partial charge < -0.3 is 9.72 Å². The Labute approximate surface area is 138 Å². The van der Waals surface area contributed by atoms with Crippen molar-refractivity contribution in [3.8, 4) is 11.3 Å². The van der Waals surface area contributed by atoms with E-state index in [9.17, 15) is 14.9 Å². The molecule has 0 spiro atoms. The SMILES string of the molecule is CC(C)NC(=O)c1ccc2nc(-c3cccc([N+](=O)[O-])c3)cn2c1. The van der Waals surface area contributed by atoms with E-state index >= 15 is 0 Å². The summed E-state index contributed by atoms with van der Waals surface area (Å²) in [6.07, 6.45) is 3.45. The second-order valence-electron chi connectivity index (χ2n) is 5.74. The molecule has 0 unspecified atom stereocenters. The third-order valence-corrected chi connectivity index (χ3v) is 3.49. The van der Waals surface area contributed by atoms with Crippen LogP contribution in [0.1, 0.15) is 24.2 Å². The number of benzene rings is 1. The van der Waals surface area contributed by atoms with E-state index in [2.05, 4.69) is 10.3 Å². The smallest absolute Gasteiger partial charge is 0.270 e. The van der Waals surface area contributed by atoms with E-state index in [1.54, 1.807) is 41.1 Å². The Hall–Kier alpha value is -3.22. The molecule has 0 aliphatic rings. The molecule has 0 radical (unpaired) electrons. The van der Waals surface area contributed by atoms with Gasteiger partial charge in [-0.05, 0) is 26.0 Å². The molecule has 7 nitrogen and oxygen atoms in total. The van der Waals surface area contributed by atoms with Gasteiger partial charge in [0.05, 0.1) is 16.2 Å². The first-order chi connectivity index (χ1) is 11.4. The van der Waals surface area contributed by atoms with Crippen LogP contribution in [0.25, 0.3) is 16.9 Å². The van der Waals surface area contributed by atoms with Crippen LogP contribution in [-0.2, 0) is 0 Å². The maximum absolute atomic E-state index is 12.1. The Morgan fingerprint density at radius 2 is 2.04 bits per heavy atom. The fourth-order valence-corrected chi connectivity index (χ4v) is 2.39. The van der Waals surface area contributed by atoms with Crippen LogP contribution in [0.4, 0.5) is 5.69 Å². The highest BCUT2D eigenvalue weighted by Gasteiger charge is 2.12. The number of hydrogen-bond donors (Lipinski definition) is 1. The predicted octanol–water partition coefficient (Wildman–Crippen LogP) is 3.05. The van der Waals surface area contributed by atoms with Crippen molar-refractivity contribution in [1.82, 2.24) is 14.7 Å². The quantitative estimate of drug-likeness (QED) is 0.590. The summed E-state index contributed by atoms with van der Waals surface area (Å²) in [5, 5.41) is 13.7. The maximum atomic E-state index is 12.1. The number of nitrogens with zero attached hydrogens (tertiary/aromatic N) is 3. The molecule has 122 valence electrons. The molecule has 0 aliphatic carbocycles. The molecular formula is C17H16N4O3. The molecular weight excluding hydrogens is 308 g/mol. The molecule has 2 aromatic heterocycles. The van der Waals surface area contributed by atoms with Gasteiger partial charge in [-0.15, -0.1) is 0 Å². The van der Waals surface area contributed by atoms with Crippen LogP contribution in [0.3, 0.4) is 0 Å². The number of rotatable bonds is 4. The normalized spacial score (nSPS) is 11.0. The lowest BCUT2D eigenvalue weighted by molar-refractivity contribution is -0.384. The number of nitro benzene ring substituents is 1. The highest BCUT2D eigenvalue weighted by atomic mass is 16.6. The number of aromatic nitrogens is 2. The average molecular weight is 324 g/mol.